The number of likely N-dealkylation sites (N-methyl/N-ethyl adjacent to an activating group) is 1. The fourth-order valence-electron chi connectivity index (χ4n) is 2.21. The summed E-state index contributed by atoms with van der Waals surface area (Å²) in [5, 5.41) is 14.1. The molecule has 25 heavy (non-hydrogen) atoms. The molecule has 1 aromatic carbocycles. The maximum Gasteiger partial charge on any atom is 0.193 e. The van der Waals surface area contributed by atoms with Crippen molar-refractivity contribution >= 4 is 41.3 Å². The summed E-state index contributed by atoms with van der Waals surface area (Å²) >= 11 is 1.74. The summed E-state index contributed by atoms with van der Waals surface area (Å²) in [7, 11) is 1.98. The molecule has 0 spiro atoms. The smallest absolute Gasteiger partial charge is 0.193 e. The van der Waals surface area contributed by atoms with Gasteiger partial charge in [-0.05, 0) is 36.9 Å². The minimum atomic E-state index is -0.394. The summed E-state index contributed by atoms with van der Waals surface area (Å²) in [4.78, 5) is 7.89. The lowest BCUT2D eigenvalue weighted by atomic mass is 10.1. The second-order valence-electron chi connectivity index (χ2n) is 5.34. The van der Waals surface area contributed by atoms with Crippen LogP contribution < -0.4 is 5.32 Å². The van der Waals surface area contributed by atoms with Gasteiger partial charge in [0.25, 0.3) is 0 Å². The number of guanidine groups is 1. The summed E-state index contributed by atoms with van der Waals surface area (Å²) in [6, 6.07) is 10.6. The third kappa shape index (κ3) is 6.63. The molecule has 0 saturated carbocycles. The highest BCUT2D eigenvalue weighted by atomic mass is 127. The van der Waals surface area contributed by atoms with Gasteiger partial charge in [-0.25, -0.2) is 9.38 Å². The van der Waals surface area contributed by atoms with Crippen LogP contribution in [0, 0.1) is 17.1 Å². The number of hydrogen-bond acceptors (Lipinski definition) is 3. The quantitative estimate of drug-likeness (QED) is 0.393. The fourth-order valence-corrected chi connectivity index (χ4v) is 2.91. The van der Waals surface area contributed by atoms with E-state index < -0.39 is 5.82 Å². The SMILES string of the molecule is CCNC(=NCc1ccc(C#N)cc1F)N(C)CCc1cccs1.I. The molecular formula is C18H22FIN4S. The van der Waals surface area contributed by atoms with E-state index in [2.05, 4.69) is 21.8 Å². The molecule has 7 heteroatoms. The van der Waals surface area contributed by atoms with Crippen LogP contribution in [0.2, 0.25) is 0 Å². The van der Waals surface area contributed by atoms with Crippen molar-refractivity contribution in [1.82, 2.24) is 10.2 Å². The minimum Gasteiger partial charge on any atom is -0.357 e. The molecule has 2 aromatic rings. The number of halogens is 2. The van der Waals surface area contributed by atoms with E-state index in [4.69, 9.17) is 5.26 Å². The number of aliphatic imine (C=N–C) groups is 1. The Morgan fingerprint density at radius 3 is 2.80 bits per heavy atom. The van der Waals surface area contributed by atoms with Crippen LogP contribution in [0.1, 0.15) is 22.9 Å². The Morgan fingerprint density at radius 1 is 1.40 bits per heavy atom. The number of hydrogen-bond donors (Lipinski definition) is 1. The number of benzene rings is 1. The third-order valence-electron chi connectivity index (χ3n) is 3.55. The lowest BCUT2D eigenvalue weighted by Gasteiger charge is -2.21. The Kier molecular flexibility index (Phi) is 9.45. The zero-order chi connectivity index (χ0) is 17.4. The number of nitrogens with one attached hydrogen (secondary N) is 1. The van der Waals surface area contributed by atoms with Crippen LogP contribution >= 0.6 is 35.3 Å². The van der Waals surface area contributed by atoms with Gasteiger partial charge in [-0.3, -0.25) is 0 Å². The van der Waals surface area contributed by atoms with Crippen molar-refractivity contribution in [2.24, 2.45) is 4.99 Å². The zero-order valence-electron chi connectivity index (χ0n) is 14.3. The van der Waals surface area contributed by atoms with E-state index in [0.29, 0.717) is 11.1 Å². The van der Waals surface area contributed by atoms with Gasteiger partial charge in [0.15, 0.2) is 5.96 Å². The molecule has 0 aliphatic rings. The molecular weight excluding hydrogens is 450 g/mol. The fraction of sp³-hybridized carbons (Fsp3) is 0.333. The summed E-state index contributed by atoms with van der Waals surface area (Å²) in [5.41, 5.74) is 0.802. The molecule has 0 fully saturated rings. The average molecular weight is 472 g/mol. The molecule has 1 heterocycles. The standard InChI is InChI=1S/C18H21FN4S.HI/c1-3-21-18(23(2)9-8-16-5-4-10-24-16)22-13-15-7-6-14(12-20)11-17(15)19;/h4-7,10-11H,3,8-9,13H2,1-2H3,(H,21,22);1H. The molecule has 0 aliphatic heterocycles. The van der Waals surface area contributed by atoms with E-state index in [0.717, 1.165) is 25.5 Å². The van der Waals surface area contributed by atoms with Crippen molar-refractivity contribution in [2.45, 2.75) is 19.9 Å². The Morgan fingerprint density at radius 2 is 2.20 bits per heavy atom. The highest BCUT2D eigenvalue weighted by molar-refractivity contribution is 14.0. The maximum absolute atomic E-state index is 14.0. The zero-order valence-corrected chi connectivity index (χ0v) is 17.5. The van der Waals surface area contributed by atoms with E-state index in [1.807, 2.05) is 31.0 Å². The van der Waals surface area contributed by atoms with E-state index in [9.17, 15) is 4.39 Å². The number of thiophene rings is 1. The summed E-state index contributed by atoms with van der Waals surface area (Å²) in [6.07, 6.45) is 0.948. The Bertz CT molecular complexity index is 725. The first-order valence-electron chi connectivity index (χ1n) is 7.84. The average Bonchev–Trinajstić information content (AvgIpc) is 3.10. The number of nitrogens with zero attached hydrogens (tertiary/aromatic N) is 3. The molecule has 0 unspecified atom stereocenters. The normalized spacial score (nSPS) is 10.7. The Labute approximate surface area is 169 Å². The minimum absolute atomic E-state index is 0. The highest BCUT2D eigenvalue weighted by Crippen LogP contribution is 2.12. The first kappa shape index (κ1) is 21.4. The van der Waals surface area contributed by atoms with Gasteiger partial charge in [0.05, 0.1) is 18.2 Å². The van der Waals surface area contributed by atoms with Crippen molar-refractivity contribution in [3.05, 3.63) is 57.5 Å². The van der Waals surface area contributed by atoms with Crippen molar-refractivity contribution in [3.8, 4) is 6.07 Å². The number of rotatable bonds is 6. The lowest BCUT2D eigenvalue weighted by Crippen LogP contribution is -2.39. The molecule has 134 valence electrons. The van der Waals surface area contributed by atoms with Crippen molar-refractivity contribution in [1.29, 1.82) is 5.26 Å². The van der Waals surface area contributed by atoms with Gasteiger partial charge in [-0.15, -0.1) is 35.3 Å². The van der Waals surface area contributed by atoms with Gasteiger partial charge in [0, 0.05) is 30.6 Å². The molecule has 0 atom stereocenters. The monoisotopic (exact) mass is 472 g/mol. The molecule has 0 radical (unpaired) electrons. The van der Waals surface area contributed by atoms with Crippen molar-refractivity contribution in [3.63, 3.8) is 0 Å². The molecule has 4 nitrogen and oxygen atoms in total. The Balaban J connectivity index is 0.00000312. The molecule has 2 rings (SSSR count). The molecule has 0 bridgehead atoms. The molecule has 0 amide bonds. The van der Waals surface area contributed by atoms with E-state index in [1.165, 1.54) is 10.9 Å². The predicted octanol–water partition coefficient (Wildman–Crippen LogP) is 4.02. The van der Waals surface area contributed by atoms with Crippen LogP contribution in [0.15, 0.2) is 40.7 Å². The van der Waals surface area contributed by atoms with Crippen molar-refractivity contribution < 1.29 is 4.39 Å². The second kappa shape index (κ2) is 11.1. The van der Waals surface area contributed by atoms with E-state index in [-0.39, 0.29) is 30.5 Å². The Hall–Kier alpha value is -1.66. The van der Waals surface area contributed by atoms with Crippen LogP contribution in [0.4, 0.5) is 4.39 Å². The van der Waals surface area contributed by atoms with Gasteiger partial charge in [-0.1, -0.05) is 12.1 Å². The van der Waals surface area contributed by atoms with Crippen LogP contribution in [0.5, 0.6) is 0 Å². The highest BCUT2D eigenvalue weighted by Gasteiger charge is 2.08. The first-order valence-corrected chi connectivity index (χ1v) is 8.72. The topological polar surface area (TPSA) is 51.4 Å². The van der Waals surface area contributed by atoms with Gasteiger partial charge in [0.2, 0.25) is 0 Å². The van der Waals surface area contributed by atoms with Gasteiger partial charge in [0.1, 0.15) is 5.82 Å². The first-order chi connectivity index (χ1) is 11.6. The maximum atomic E-state index is 14.0. The lowest BCUT2D eigenvalue weighted by molar-refractivity contribution is 0.486. The van der Waals surface area contributed by atoms with E-state index >= 15 is 0 Å². The van der Waals surface area contributed by atoms with Gasteiger partial charge < -0.3 is 10.2 Å². The van der Waals surface area contributed by atoms with E-state index in [1.54, 1.807) is 23.5 Å². The molecule has 1 aromatic heterocycles. The third-order valence-corrected chi connectivity index (χ3v) is 4.49. The van der Waals surface area contributed by atoms with Crippen LogP contribution in [-0.4, -0.2) is 31.0 Å². The van der Waals surface area contributed by atoms with Gasteiger partial charge in [-0.2, -0.15) is 5.26 Å². The summed E-state index contributed by atoms with van der Waals surface area (Å²) in [5.74, 6) is 0.354. The molecule has 0 aliphatic carbocycles. The largest absolute Gasteiger partial charge is 0.357 e. The van der Waals surface area contributed by atoms with Crippen LogP contribution in [-0.2, 0) is 13.0 Å². The van der Waals surface area contributed by atoms with Crippen molar-refractivity contribution in [2.75, 3.05) is 20.1 Å². The summed E-state index contributed by atoms with van der Waals surface area (Å²) < 4.78 is 14.0. The predicted molar refractivity (Wildman–Crippen MR) is 112 cm³/mol. The van der Waals surface area contributed by atoms with Crippen LogP contribution in [0.3, 0.4) is 0 Å². The summed E-state index contributed by atoms with van der Waals surface area (Å²) in [6.45, 7) is 3.83. The molecule has 1 N–H and O–H groups in total. The van der Waals surface area contributed by atoms with Crippen LogP contribution in [0.25, 0.3) is 0 Å². The second-order valence-corrected chi connectivity index (χ2v) is 6.37. The number of nitriles is 1. The molecule has 0 saturated heterocycles. The van der Waals surface area contributed by atoms with Gasteiger partial charge >= 0.3 is 0 Å².